The van der Waals surface area contributed by atoms with E-state index in [1.54, 1.807) is 11.3 Å². The smallest absolute Gasteiger partial charge is 0.307 e. The number of aliphatic carboxylic acids is 1. The lowest BCUT2D eigenvalue weighted by Gasteiger charge is -1.98. The van der Waals surface area contributed by atoms with Gasteiger partial charge in [-0.2, -0.15) is 0 Å². The SMILES string of the molecule is Cc1cccc2scc(CC(=O)O)c12. The summed E-state index contributed by atoms with van der Waals surface area (Å²) >= 11 is 1.61. The van der Waals surface area contributed by atoms with E-state index in [9.17, 15) is 4.79 Å². The predicted molar refractivity (Wildman–Crippen MR) is 57.9 cm³/mol. The largest absolute Gasteiger partial charge is 0.481 e. The summed E-state index contributed by atoms with van der Waals surface area (Å²) in [4.78, 5) is 10.6. The topological polar surface area (TPSA) is 37.3 Å². The molecule has 0 spiro atoms. The molecule has 72 valence electrons. The molecule has 0 fully saturated rings. The Morgan fingerprint density at radius 2 is 2.29 bits per heavy atom. The van der Waals surface area contributed by atoms with E-state index in [1.165, 1.54) is 4.70 Å². The lowest BCUT2D eigenvalue weighted by Crippen LogP contribution is -1.99. The third-order valence-corrected chi connectivity index (χ3v) is 3.22. The number of rotatable bonds is 2. The minimum absolute atomic E-state index is 0.116. The number of benzene rings is 1. The highest BCUT2D eigenvalue weighted by atomic mass is 32.1. The van der Waals surface area contributed by atoms with Crippen LogP contribution in [0.15, 0.2) is 23.6 Å². The molecule has 1 aromatic heterocycles. The highest BCUT2D eigenvalue weighted by Crippen LogP contribution is 2.28. The molecule has 0 aliphatic heterocycles. The lowest BCUT2D eigenvalue weighted by atomic mass is 10.1. The molecule has 1 N–H and O–H groups in total. The zero-order chi connectivity index (χ0) is 10.1. The Kier molecular flexibility index (Phi) is 2.25. The molecule has 1 aromatic carbocycles. The predicted octanol–water partition coefficient (Wildman–Crippen LogP) is 2.84. The number of carboxylic acid groups (broad SMARTS) is 1. The summed E-state index contributed by atoms with van der Waals surface area (Å²) in [6.45, 7) is 2.01. The van der Waals surface area contributed by atoms with Crippen LogP contribution in [0.3, 0.4) is 0 Å². The second-order valence-corrected chi connectivity index (χ2v) is 4.19. The van der Waals surface area contributed by atoms with E-state index in [4.69, 9.17) is 5.11 Å². The van der Waals surface area contributed by atoms with Crippen LogP contribution in [0.25, 0.3) is 10.1 Å². The van der Waals surface area contributed by atoms with E-state index in [1.807, 2.05) is 30.5 Å². The molecule has 0 amide bonds. The molecular formula is C11H10O2S. The lowest BCUT2D eigenvalue weighted by molar-refractivity contribution is -0.136. The quantitative estimate of drug-likeness (QED) is 0.820. The van der Waals surface area contributed by atoms with Crippen LogP contribution < -0.4 is 0 Å². The number of thiophene rings is 1. The third-order valence-electron chi connectivity index (χ3n) is 2.23. The van der Waals surface area contributed by atoms with Crippen LogP contribution in [-0.4, -0.2) is 11.1 Å². The maximum absolute atomic E-state index is 10.6. The fourth-order valence-electron chi connectivity index (χ4n) is 1.64. The van der Waals surface area contributed by atoms with Gasteiger partial charge in [-0.3, -0.25) is 4.79 Å². The molecule has 0 radical (unpaired) electrons. The second-order valence-electron chi connectivity index (χ2n) is 3.28. The first kappa shape index (κ1) is 9.21. The van der Waals surface area contributed by atoms with Gasteiger partial charge in [0, 0.05) is 4.70 Å². The molecule has 0 saturated carbocycles. The van der Waals surface area contributed by atoms with Gasteiger partial charge < -0.3 is 5.11 Å². The molecule has 2 aromatic rings. The Morgan fingerprint density at radius 1 is 1.50 bits per heavy atom. The molecular weight excluding hydrogens is 196 g/mol. The van der Waals surface area contributed by atoms with Gasteiger partial charge in [0.25, 0.3) is 0 Å². The third kappa shape index (κ3) is 1.51. The van der Waals surface area contributed by atoms with Crippen molar-refractivity contribution in [2.45, 2.75) is 13.3 Å². The van der Waals surface area contributed by atoms with E-state index >= 15 is 0 Å². The average molecular weight is 206 g/mol. The standard InChI is InChI=1S/C11H10O2S/c1-7-3-2-4-9-11(7)8(6-14-9)5-10(12)13/h2-4,6H,5H2,1H3,(H,12,13). The molecule has 0 aliphatic carbocycles. The van der Waals surface area contributed by atoms with Gasteiger partial charge in [0.05, 0.1) is 6.42 Å². The maximum atomic E-state index is 10.6. The molecule has 0 saturated heterocycles. The Hall–Kier alpha value is -1.35. The number of hydrogen-bond acceptors (Lipinski definition) is 2. The number of carbonyl (C=O) groups is 1. The Balaban J connectivity index is 2.61. The molecule has 0 aliphatic rings. The fourth-order valence-corrected chi connectivity index (χ4v) is 2.67. The monoisotopic (exact) mass is 206 g/mol. The van der Waals surface area contributed by atoms with Crippen LogP contribution in [-0.2, 0) is 11.2 Å². The van der Waals surface area contributed by atoms with Crippen LogP contribution in [0.5, 0.6) is 0 Å². The van der Waals surface area contributed by atoms with Gasteiger partial charge in [-0.25, -0.2) is 0 Å². The molecule has 0 unspecified atom stereocenters. The van der Waals surface area contributed by atoms with Gasteiger partial charge in [0.2, 0.25) is 0 Å². The van der Waals surface area contributed by atoms with Crippen molar-refractivity contribution in [1.82, 2.24) is 0 Å². The summed E-state index contributed by atoms with van der Waals surface area (Å²) in [5.74, 6) is -0.770. The first-order valence-corrected chi connectivity index (χ1v) is 5.24. The van der Waals surface area contributed by atoms with Crippen LogP contribution in [0.4, 0.5) is 0 Å². The summed E-state index contributed by atoms with van der Waals surface area (Å²) in [6.07, 6.45) is 0.116. The maximum Gasteiger partial charge on any atom is 0.307 e. The summed E-state index contributed by atoms with van der Waals surface area (Å²) in [5.41, 5.74) is 2.08. The van der Waals surface area contributed by atoms with Crippen LogP contribution in [0.1, 0.15) is 11.1 Å². The van der Waals surface area contributed by atoms with Crippen LogP contribution in [0, 0.1) is 6.92 Å². The van der Waals surface area contributed by atoms with Crippen molar-refractivity contribution in [1.29, 1.82) is 0 Å². The zero-order valence-electron chi connectivity index (χ0n) is 7.78. The number of carboxylic acids is 1. The summed E-state index contributed by atoms with van der Waals surface area (Å²) in [5, 5.41) is 11.8. The first-order chi connectivity index (χ1) is 6.68. The van der Waals surface area contributed by atoms with Gasteiger partial charge in [-0.1, -0.05) is 12.1 Å². The van der Waals surface area contributed by atoms with E-state index in [2.05, 4.69) is 0 Å². The number of hydrogen-bond donors (Lipinski definition) is 1. The highest BCUT2D eigenvalue weighted by molar-refractivity contribution is 7.17. The molecule has 14 heavy (non-hydrogen) atoms. The van der Waals surface area contributed by atoms with Gasteiger partial charge in [0.15, 0.2) is 0 Å². The van der Waals surface area contributed by atoms with E-state index < -0.39 is 5.97 Å². The Morgan fingerprint density at radius 3 is 3.00 bits per heavy atom. The molecule has 2 rings (SSSR count). The van der Waals surface area contributed by atoms with E-state index in [0.29, 0.717) is 0 Å². The molecule has 1 heterocycles. The van der Waals surface area contributed by atoms with Crippen molar-refractivity contribution in [3.05, 3.63) is 34.7 Å². The summed E-state index contributed by atoms with van der Waals surface area (Å²) in [7, 11) is 0. The van der Waals surface area contributed by atoms with Crippen molar-refractivity contribution in [2.24, 2.45) is 0 Å². The van der Waals surface area contributed by atoms with Crippen molar-refractivity contribution in [2.75, 3.05) is 0 Å². The second kappa shape index (κ2) is 3.42. The normalized spacial score (nSPS) is 10.6. The fraction of sp³-hybridized carbons (Fsp3) is 0.182. The van der Waals surface area contributed by atoms with Crippen LogP contribution >= 0.6 is 11.3 Å². The van der Waals surface area contributed by atoms with Crippen molar-refractivity contribution in [3.63, 3.8) is 0 Å². The van der Waals surface area contributed by atoms with Crippen molar-refractivity contribution >= 4 is 27.4 Å². The van der Waals surface area contributed by atoms with Crippen molar-refractivity contribution in [3.8, 4) is 0 Å². The van der Waals surface area contributed by atoms with E-state index in [0.717, 1.165) is 16.5 Å². The first-order valence-electron chi connectivity index (χ1n) is 4.36. The minimum Gasteiger partial charge on any atom is -0.481 e. The van der Waals surface area contributed by atoms with E-state index in [-0.39, 0.29) is 6.42 Å². The van der Waals surface area contributed by atoms with Gasteiger partial charge in [-0.15, -0.1) is 11.3 Å². The van der Waals surface area contributed by atoms with Crippen LogP contribution in [0.2, 0.25) is 0 Å². The zero-order valence-corrected chi connectivity index (χ0v) is 8.60. The molecule has 3 heteroatoms. The van der Waals surface area contributed by atoms with Gasteiger partial charge in [-0.05, 0) is 34.9 Å². The highest BCUT2D eigenvalue weighted by Gasteiger charge is 2.08. The number of fused-ring (bicyclic) bond motifs is 1. The average Bonchev–Trinajstić information content (AvgIpc) is 2.49. The summed E-state index contributed by atoms with van der Waals surface area (Å²) < 4.78 is 1.17. The van der Waals surface area contributed by atoms with Gasteiger partial charge >= 0.3 is 5.97 Å². The molecule has 0 bridgehead atoms. The molecule has 0 atom stereocenters. The minimum atomic E-state index is -0.770. The Bertz CT molecular complexity index is 485. The Labute approximate surface area is 85.8 Å². The van der Waals surface area contributed by atoms with Crippen molar-refractivity contribution < 1.29 is 9.90 Å². The number of aryl methyl sites for hydroxylation is 1. The molecule has 2 nitrogen and oxygen atoms in total. The van der Waals surface area contributed by atoms with Gasteiger partial charge in [0.1, 0.15) is 0 Å². The summed E-state index contributed by atoms with van der Waals surface area (Å²) in [6, 6.07) is 6.04.